The molecule has 1 aliphatic rings. The topological polar surface area (TPSA) is 86.7 Å². The summed E-state index contributed by atoms with van der Waals surface area (Å²) in [5, 5.41) is 9.79. The lowest BCUT2D eigenvalue weighted by Crippen LogP contribution is -2.45. The molecule has 2 N–H and O–H groups in total. The van der Waals surface area contributed by atoms with E-state index in [9.17, 15) is 18.8 Å². The van der Waals surface area contributed by atoms with Crippen LogP contribution in [-0.2, 0) is 4.79 Å². The molecule has 0 radical (unpaired) electrons. The van der Waals surface area contributed by atoms with Crippen LogP contribution in [0.25, 0.3) is 6.08 Å². The summed E-state index contributed by atoms with van der Waals surface area (Å²) in [6.07, 6.45) is 1.53. The first kappa shape index (κ1) is 18.7. The van der Waals surface area contributed by atoms with E-state index in [0.717, 1.165) is 22.8 Å². The molecular formula is C18H11FN2O4S2. The molecule has 2 amide bonds. The number of carboxylic acid groups (broad SMARTS) is 1. The van der Waals surface area contributed by atoms with Gasteiger partial charge in [0.1, 0.15) is 5.82 Å². The molecule has 0 bridgehead atoms. The molecule has 1 fully saturated rings. The number of hydrogen-bond donors (Lipinski definition) is 2. The molecule has 0 saturated carbocycles. The van der Waals surface area contributed by atoms with Crippen LogP contribution in [0.15, 0.2) is 53.4 Å². The lowest BCUT2D eigenvalue weighted by atomic mass is 10.1. The third-order valence-electron chi connectivity index (χ3n) is 3.58. The van der Waals surface area contributed by atoms with E-state index in [4.69, 9.17) is 17.3 Å². The second-order valence-corrected chi connectivity index (χ2v) is 7.04. The normalized spacial score (nSPS) is 15.3. The van der Waals surface area contributed by atoms with Crippen molar-refractivity contribution in [3.05, 3.63) is 75.9 Å². The molecule has 136 valence electrons. The van der Waals surface area contributed by atoms with Crippen molar-refractivity contribution in [3.8, 4) is 0 Å². The van der Waals surface area contributed by atoms with Gasteiger partial charge in [-0.3, -0.25) is 15.0 Å². The van der Waals surface area contributed by atoms with E-state index in [0.29, 0.717) is 5.56 Å². The molecule has 1 saturated heterocycles. The van der Waals surface area contributed by atoms with E-state index in [1.807, 2.05) is 0 Å². The molecule has 1 aliphatic heterocycles. The maximum atomic E-state index is 13.7. The van der Waals surface area contributed by atoms with Crippen molar-refractivity contribution in [3.63, 3.8) is 0 Å². The number of nitrogens with zero attached hydrogens (tertiary/aromatic N) is 1. The van der Waals surface area contributed by atoms with Crippen LogP contribution in [0.1, 0.15) is 26.3 Å². The van der Waals surface area contributed by atoms with Gasteiger partial charge in [-0.2, -0.15) is 5.01 Å². The Morgan fingerprint density at radius 2 is 1.81 bits per heavy atom. The Morgan fingerprint density at radius 1 is 1.15 bits per heavy atom. The van der Waals surface area contributed by atoms with Crippen LogP contribution in [0.4, 0.5) is 4.39 Å². The minimum Gasteiger partial charge on any atom is -0.478 e. The van der Waals surface area contributed by atoms with Crippen LogP contribution in [0.2, 0.25) is 0 Å². The van der Waals surface area contributed by atoms with Gasteiger partial charge < -0.3 is 5.11 Å². The van der Waals surface area contributed by atoms with Gasteiger partial charge in [-0.15, -0.1) is 0 Å². The molecule has 2 aromatic rings. The number of rotatable bonds is 4. The first-order valence-electron chi connectivity index (χ1n) is 7.53. The summed E-state index contributed by atoms with van der Waals surface area (Å²) in [7, 11) is 0. The number of amides is 2. The van der Waals surface area contributed by atoms with E-state index >= 15 is 0 Å². The van der Waals surface area contributed by atoms with Crippen LogP contribution < -0.4 is 5.43 Å². The number of halogens is 1. The average molecular weight is 402 g/mol. The summed E-state index contributed by atoms with van der Waals surface area (Å²) in [5.74, 6) is -3.12. The van der Waals surface area contributed by atoms with E-state index in [1.165, 1.54) is 36.4 Å². The van der Waals surface area contributed by atoms with Crippen LogP contribution >= 0.6 is 24.0 Å². The maximum absolute atomic E-state index is 13.7. The van der Waals surface area contributed by atoms with Gasteiger partial charge in [-0.1, -0.05) is 36.0 Å². The number of hydrazine groups is 1. The molecular weight excluding hydrogens is 391 g/mol. The number of carbonyl (C=O) groups is 3. The molecule has 3 rings (SSSR count). The molecule has 1 heterocycles. The van der Waals surface area contributed by atoms with Gasteiger partial charge in [0.15, 0.2) is 4.32 Å². The summed E-state index contributed by atoms with van der Waals surface area (Å²) in [6.45, 7) is 0. The van der Waals surface area contributed by atoms with Crippen LogP contribution in [0, 0.1) is 5.82 Å². The van der Waals surface area contributed by atoms with Crippen molar-refractivity contribution >= 4 is 52.2 Å². The third-order valence-corrected chi connectivity index (χ3v) is 4.88. The fourth-order valence-corrected chi connectivity index (χ4v) is 3.42. The van der Waals surface area contributed by atoms with Crippen LogP contribution in [0.3, 0.4) is 0 Å². The van der Waals surface area contributed by atoms with Gasteiger partial charge in [0.25, 0.3) is 11.8 Å². The number of thioether (sulfide) groups is 1. The summed E-state index contributed by atoms with van der Waals surface area (Å²) in [6, 6.07) is 11.3. The highest BCUT2D eigenvalue weighted by Gasteiger charge is 2.34. The van der Waals surface area contributed by atoms with Gasteiger partial charge in [0.2, 0.25) is 0 Å². The van der Waals surface area contributed by atoms with E-state index in [-0.39, 0.29) is 20.4 Å². The number of aromatic carboxylic acids is 1. The fraction of sp³-hybridized carbons (Fsp3) is 0. The largest absolute Gasteiger partial charge is 0.478 e. The van der Waals surface area contributed by atoms with Crippen molar-refractivity contribution in [1.82, 2.24) is 10.4 Å². The quantitative estimate of drug-likeness (QED) is 0.604. The minimum atomic E-state index is -1.05. The highest BCUT2D eigenvalue weighted by Crippen LogP contribution is 2.31. The van der Waals surface area contributed by atoms with E-state index in [1.54, 1.807) is 12.1 Å². The Kier molecular flexibility index (Phi) is 5.33. The summed E-state index contributed by atoms with van der Waals surface area (Å²) >= 11 is 6.08. The minimum absolute atomic E-state index is 0.0955. The van der Waals surface area contributed by atoms with Crippen molar-refractivity contribution in [1.29, 1.82) is 0 Å². The first-order chi connectivity index (χ1) is 12.9. The smallest absolute Gasteiger partial charge is 0.335 e. The molecule has 0 aromatic heterocycles. The van der Waals surface area contributed by atoms with Gasteiger partial charge in [0.05, 0.1) is 16.0 Å². The second-order valence-electron chi connectivity index (χ2n) is 5.37. The van der Waals surface area contributed by atoms with Crippen molar-refractivity contribution in [2.24, 2.45) is 0 Å². The predicted molar refractivity (Wildman–Crippen MR) is 102 cm³/mol. The Balaban J connectivity index is 1.77. The molecule has 0 unspecified atom stereocenters. The highest BCUT2D eigenvalue weighted by molar-refractivity contribution is 8.26. The second kappa shape index (κ2) is 7.68. The standard InChI is InChI=1S/C18H11FN2O4S2/c19-13-4-2-1-3-12(13)15(22)20-21-16(23)14(27-18(21)26)9-10-5-7-11(8-6-10)17(24)25/h1-9H,(H,20,22)(H,24,25)/b14-9+. The van der Waals surface area contributed by atoms with Gasteiger partial charge in [-0.25, -0.2) is 9.18 Å². The van der Waals surface area contributed by atoms with Gasteiger partial charge in [-0.05, 0) is 48.1 Å². The molecule has 9 heteroatoms. The van der Waals surface area contributed by atoms with E-state index in [2.05, 4.69) is 5.43 Å². The number of carbonyl (C=O) groups excluding carboxylic acids is 2. The van der Waals surface area contributed by atoms with Crippen molar-refractivity contribution in [2.45, 2.75) is 0 Å². The summed E-state index contributed by atoms with van der Waals surface area (Å²) < 4.78 is 13.8. The lowest BCUT2D eigenvalue weighted by molar-refractivity contribution is -0.123. The Bertz CT molecular complexity index is 989. The Labute approximate surface area is 162 Å². The molecule has 6 nitrogen and oxygen atoms in total. The van der Waals surface area contributed by atoms with Crippen molar-refractivity contribution < 1.29 is 23.9 Å². The third kappa shape index (κ3) is 4.04. The summed E-state index contributed by atoms with van der Waals surface area (Å²) in [5.41, 5.74) is 2.81. The zero-order valence-corrected chi connectivity index (χ0v) is 15.1. The number of carboxylic acids is 1. The number of nitrogens with one attached hydrogen (secondary N) is 1. The van der Waals surface area contributed by atoms with Gasteiger partial charge >= 0.3 is 5.97 Å². The zero-order chi connectivity index (χ0) is 19.6. The zero-order valence-electron chi connectivity index (χ0n) is 13.5. The molecule has 27 heavy (non-hydrogen) atoms. The fourth-order valence-electron chi connectivity index (χ4n) is 2.24. The average Bonchev–Trinajstić information content (AvgIpc) is 2.90. The van der Waals surface area contributed by atoms with Gasteiger partial charge in [0, 0.05) is 0 Å². The molecule has 0 spiro atoms. The highest BCUT2D eigenvalue weighted by atomic mass is 32.2. The maximum Gasteiger partial charge on any atom is 0.335 e. The van der Waals surface area contributed by atoms with Crippen molar-refractivity contribution in [2.75, 3.05) is 0 Å². The number of hydrogen-bond acceptors (Lipinski definition) is 5. The Hall–Kier alpha value is -3.04. The molecule has 0 atom stereocenters. The lowest BCUT2D eigenvalue weighted by Gasteiger charge is -2.15. The monoisotopic (exact) mass is 402 g/mol. The molecule has 0 aliphatic carbocycles. The first-order valence-corrected chi connectivity index (χ1v) is 8.76. The van der Waals surface area contributed by atoms with E-state index < -0.39 is 23.6 Å². The number of benzene rings is 2. The Morgan fingerprint density at radius 3 is 2.44 bits per heavy atom. The summed E-state index contributed by atoms with van der Waals surface area (Å²) in [4.78, 5) is 35.8. The SMILES string of the molecule is O=C(O)c1ccc(/C=C2/SC(=S)N(NC(=O)c3ccccc3F)C2=O)cc1. The molecule has 2 aromatic carbocycles. The number of thiocarbonyl (C=S) groups is 1. The van der Waals surface area contributed by atoms with Crippen LogP contribution in [-0.4, -0.2) is 32.2 Å². The predicted octanol–water partition coefficient (Wildman–Crippen LogP) is 3.07. The van der Waals surface area contributed by atoms with Crippen LogP contribution in [0.5, 0.6) is 0 Å².